The summed E-state index contributed by atoms with van der Waals surface area (Å²) >= 11 is 1.75. The number of fused-ring (bicyclic) bond motifs is 1. The summed E-state index contributed by atoms with van der Waals surface area (Å²) in [4.78, 5) is 52.0. The highest BCUT2D eigenvalue weighted by atomic mass is 32.2. The zero-order valence-electron chi connectivity index (χ0n) is 22.6. The number of thioether (sulfide) groups is 1. The maximum absolute atomic E-state index is 13.0. The number of carbonyl (C=O) groups excluding carboxylic acids is 4. The number of rotatable bonds is 11. The third kappa shape index (κ3) is 5.75. The molecule has 5 fully saturated rings. The van der Waals surface area contributed by atoms with Gasteiger partial charge < -0.3 is 15.5 Å². The Balaban J connectivity index is 0.889. The molecule has 0 radical (unpaired) electrons. The predicted molar refractivity (Wildman–Crippen MR) is 149 cm³/mol. The van der Waals surface area contributed by atoms with Crippen molar-refractivity contribution in [1.29, 1.82) is 0 Å². The molecular formula is C30H40N4O4S. The van der Waals surface area contributed by atoms with Crippen molar-refractivity contribution in [2.24, 2.45) is 17.8 Å². The lowest BCUT2D eigenvalue weighted by Crippen LogP contribution is -2.59. The monoisotopic (exact) mass is 552 g/mol. The molecule has 8 nitrogen and oxygen atoms in total. The van der Waals surface area contributed by atoms with E-state index in [1.807, 2.05) is 18.2 Å². The molecule has 1 unspecified atom stereocenters. The Bertz CT molecular complexity index is 1120. The summed E-state index contributed by atoms with van der Waals surface area (Å²) in [5.74, 6) is 2.91. The van der Waals surface area contributed by atoms with Crippen LogP contribution in [0.15, 0.2) is 23.1 Å². The van der Waals surface area contributed by atoms with Crippen LogP contribution in [0.5, 0.6) is 0 Å². The second-order valence-electron chi connectivity index (χ2n) is 12.5. The minimum absolute atomic E-state index is 0.116. The van der Waals surface area contributed by atoms with E-state index in [1.54, 1.807) is 16.7 Å². The lowest BCUT2D eigenvalue weighted by molar-refractivity contribution is -0.137. The molecule has 1 saturated heterocycles. The van der Waals surface area contributed by atoms with E-state index in [0.29, 0.717) is 31.6 Å². The Morgan fingerprint density at radius 3 is 2.49 bits per heavy atom. The predicted octanol–water partition coefficient (Wildman–Crippen LogP) is 3.38. The average Bonchev–Trinajstić information content (AvgIpc) is 3.23. The van der Waals surface area contributed by atoms with Gasteiger partial charge in [0.2, 0.25) is 17.7 Å². The summed E-state index contributed by atoms with van der Waals surface area (Å²) in [6.45, 7) is 1.56. The van der Waals surface area contributed by atoms with Crippen LogP contribution >= 0.6 is 11.8 Å². The summed E-state index contributed by atoms with van der Waals surface area (Å²) in [5.41, 5.74) is 1.87. The van der Waals surface area contributed by atoms with Crippen LogP contribution in [0, 0.1) is 17.8 Å². The van der Waals surface area contributed by atoms with Crippen molar-refractivity contribution in [1.82, 2.24) is 20.9 Å². The van der Waals surface area contributed by atoms with Crippen molar-refractivity contribution in [3.8, 4) is 0 Å². The third-order valence-electron chi connectivity index (χ3n) is 9.60. The molecule has 39 heavy (non-hydrogen) atoms. The van der Waals surface area contributed by atoms with E-state index in [9.17, 15) is 19.2 Å². The molecule has 4 bridgehead atoms. The molecule has 1 aromatic rings. The van der Waals surface area contributed by atoms with Gasteiger partial charge in [0, 0.05) is 35.5 Å². The SMILES string of the molecule is O=C(CNC12CC3CC(CC(C3)C1)C2)NCCCCCSc1cccc2c1CN(C1CCC(=O)NC1=O)C2=O. The average molecular weight is 553 g/mol. The minimum atomic E-state index is -0.585. The van der Waals surface area contributed by atoms with Crippen LogP contribution in [-0.2, 0) is 20.9 Å². The quantitative estimate of drug-likeness (QED) is 0.221. The van der Waals surface area contributed by atoms with Crippen LogP contribution in [0.4, 0.5) is 0 Å². The minimum Gasteiger partial charge on any atom is -0.355 e. The van der Waals surface area contributed by atoms with E-state index >= 15 is 0 Å². The van der Waals surface area contributed by atoms with Gasteiger partial charge in [-0.15, -0.1) is 11.8 Å². The van der Waals surface area contributed by atoms with Gasteiger partial charge >= 0.3 is 0 Å². The second kappa shape index (κ2) is 11.2. The van der Waals surface area contributed by atoms with Gasteiger partial charge in [0.25, 0.3) is 5.91 Å². The second-order valence-corrected chi connectivity index (χ2v) is 13.6. The molecule has 2 heterocycles. The van der Waals surface area contributed by atoms with Gasteiger partial charge in [0.1, 0.15) is 6.04 Å². The van der Waals surface area contributed by atoms with Gasteiger partial charge in [0.05, 0.1) is 6.54 Å². The molecule has 1 atom stereocenters. The standard InChI is InChI=1S/C30H40N4O4S/c35-26-8-7-24(28(37)33-26)34-18-23-22(29(34)38)5-4-6-25(23)39-10-3-1-2-9-31-27(36)17-32-30-14-19-11-20(15-30)13-21(12-19)16-30/h4-6,19-21,24,32H,1-3,7-18H2,(H,31,36)(H,33,35,37). The van der Waals surface area contributed by atoms with Gasteiger partial charge in [-0.3, -0.25) is 24.5 Å². The van der Waals surface area contributed by atoms with Crippen molar-refractivity contribution < 1.29 is 19.2 Å². The van der Waals surface area contributed by atoms with E-state index in [2.05, 4.69) is 16.0 Å². The van der Waals surface area contributed by atoms with Crippen LogP contribution < -0.4 is 16.0 Å². The molecule has 7 rings (SSSR count). The van der Waals surface area contributed by atoms with E-state index in [1.165, 1.54) is 38.5 Å². The molecule has 210 valence electrons. The van der Waals surface area contributed by atoms with Gasteiger partial charge in [0.15, 0.2) is 0 Å². The molecule has 3 N–H and O–H groups in total. The number of benzene rings is 1. The molecule has 0 spiro atoms. The summed E-state index contributed by atoms with van der Waals surface area (Å²) in [5, 5.41) is 9.14. The van der Waals surface area contributed by atoms with Crippen LogP contribution in [0.25, 0.3) is 0 Å². The first-order valence-corrected chi connectivity index (χ1v) is 15.8. The molecule has 1 aromatic carbocycles. The van der Waals surface area contributed by atoms with Crippen molar-refractivity contribution in [3.63, 3.8) is 0 Å². The lowest BCUT2D eigenvalue weighted by atomic mass is 9.53. The zero-order valence-corrected chi connectivity index (χ0v) is 23.5. The lowest BCUT2D eigenvalue weighted by Gasteiger charge is -2.57. The normalized spacial score (nSPS) is 31.0. The maximum Gasteiger partial charge on any atom is 0.255 e. The largest absolute Gasteiger partial charge is 0.355 e. The number of nitrogens with one attached hydrogen (secondary N) is 3. The molecular weight excluding hydrogens is 512 g/mol. The number of amides is 4. The highest BCUT2D eigenvalue weighted by Gasteiger charge is 2.50. The number of carbonyl (C=O) groups is 4. The number of nitrogens with zero attached hydrogens (tertiary/aromatic N) is 1. The molecule has 4 saturated carbocycles. The fourth-order valence-corrected chi connectivity index (χ4v) is 9.26. The van der Waals surface area contributed by atoms with Crippen molar-refractivity contribution in [2.75, 3.05) is 18.8 Å². The topological polar surface area (TPSA) is 108 Å². The Morgan fingerprint density at radius 2 is 1.77 bits per heavy atom. The summed E-state index contributed by atoms with van der Waals surface area (Å²) in [6.07, 6.45) is 11.7. The van der Waals surface area contributed by atoms with Crippen LogP contribution in [0.3, 0.4) is 0 Å². The molecule has 4 aliphatic carbocycles. The first kappa shape index (κ1) is 26.8. The summed E-state index contributed by atoms with van der Waals surface area (Å²) < 4.78 is 0. The number of unbranched alkanes of at least 4 members (excludes halogenated alkanes) is 2. The smallest absolute Gasteiger partial charge is 0.255 e. The van der Waals surface area contributed by atoms with E-state index < -0.39 is 6.04 Å². The van der Waals surface area contributed by atoms with Crippen molar-refractivity contribution >= 4 is 35.4 Å². The number of hydrogen-bond donors (Lipinski definition) is 3. The first-order chi connectivity index (χ1) is 18.9. The molecule has 2 aliphatic heterocycles. The molecule has 6 aliphatic rings. The number of piperidine rings is 1. The highest BCUT2D eigenvalue weighted by molar-refractivity contribution is 7.99. The van der Waals surface area contributed by atoms with Crippen molar-refractivity contribution in [2.45, 2.75) is 93.7 Å². The van der Waals surface area contributed by atoms with E-state index in [0.717, 1.165) is 53.2 Å². The summed E-state index contributed by atoms with van der Waals surface area (Å²) in [7, 11) is 0. The highest BCUT2D eigenvalue weighted by Crippen LogP contribution is 2.55. The van der Waals surface area contributed by atoms with Gasteiger partial charge in [-0.1, -0.05) is 12.5 Å². The Labute approximate surface area is 234 Å². The number of hydrogen-bond acceptors (Lipinski definition) is 6. The third-order valence-corrected chi connectivity index (χ3v) is 10.8. The fraction of sp³-hybridized carbons (Fsp3) is 0.667. The Kier molecular flexibility index (Phi) is 7.73. The van der Waals surface area contributed by atoms with Crippen LogP contribution in [0.1, 0.15) is 86.6 Å². The molecule has 4 amide bonds. The fourth-order valence-electron chi connectivity index (χ4n) is 8.16. The zero-order chi connectivity index (χ0) is 27.0. The van der Waals surface area contributed by atoms with Crippen molar-refractivity contribution in [3.05, 3.63) is 29.3 Å². The van der Waals surface area contributed by atoms with Gasteiger partial charge in [-0.25, -0.2) is 0 Å². The Morgan fingerprint density at radius 1 is 1.03 bits per heavy atom. The summed E-state index contributed by atoms with van der Waals surface area (Å²) in [6, 6.07) is 5.19. The number of imide groups is 1. The maximum atomic E-state index is 13.0. The van der Waals surface area contributed by atoms with Gasteiger partial charge in [-0.05, 0) is 99.0 Å². The first-order valence-electron chi connectivity index (χ1n) is 14.8. The van der Waals surface area contributed by atoms with Gasteiger partial charge in [-0.2, -0.15) is 0 Å². The van der Waals surface area contributed by atoms with E-state index in [-0.39, 0.29) is 35.6 Å². The van der Waals surface area contributed by atoms with Crippen LogP contribution in [0.2, 0.25) is 0 Å². The van der Waals surface area contributed by atoms with Crippen LogP contribution in [-0.4, -0.2) is 59.0 Å². The van der Waals surface area contributed by atoms with E-state index in [4.69, 9.17) is 0 Å². The molecule has 0 aromatic heterocycles. The Hall–Kier alpha value is -2.39. The molecule has 9 heteroatoms.